The molecule has 0 aliphatic carbocycles. The van der Waals surface area contributed by atoms with E-state index in [1.54, 1.807) is 12.1 Å². The molecule has 3 nitrogen and oxygen atoms in total. The summed E-state index contributed by atoms with van der Waals surface area (Å²) in [5.74, 6) is -0.213. The topological polar surface area (TPSA) is 29.9 Å². The molecule has 1 aliphatic rings. The van der Waals surface area contributed by atoms with Gasteiger partial charge in [0, 0.05) is 18.7 Å². The molecule has 1 aliphatic heterocycles. The average Bonchev–Trinajstić information content (AvgIpc) is 2.84. The van der Waals surface area contributed by atoms with Gasteiger partial charge >= 0.3 is 0 Å². The molecule has 2 heterocycles. The van der Waals surface area contributed by atoms with E-state index in [4.69, 9.17) is 0 Å². The predicted octanol–water partition coefficient (Wildman–Crippen LogP) is 3.28. The normalized spacial score (nSPS) is 13.4. The summed E-state index contributed by atoms with van der Waals surface area (Å²) in [5, 5.41) is 7.87. The summed E-state index contributed by atoms with van der Waals surface area (Å²) in [7, 11) is 0. The van der Waals surface area contributed by atoms with Gasteiger partial charge in [0.15, 0.2) is 0 Å². The highest BCUT2D eigenvalue weighted by Gasteiger charge is 2.19. The van der Waals surface area contributed by atoms with Crippen LogP contribution in [0, 0.1) is 5.82 Å². The van der Waals surface area contributed by atoms with Gasteiger partial charge in [-0.1, -0.05) is 30.3 Å². The smallest absolute Gasteiger partial charge is 0.123 e. The third kappa shape index (κ3) is 2.04. The van der Waals surface area contributed by atoms with E-state index < -0.39 is 0 Å². The van der Waals surface area contributed by atoms with Gasteiger partial charge in [-0.15, -0.1) is 0 Å². The fourth-order valence-corrected chi connectivity index (χ4v) is 2.83. The molecule has 0 bridgehead atoms. The predicted molar refractivity (Wildman–Crippen MR) is 79.5 cm³/mol. The van der Waals surface area contributed by atoms with Crippen molar-refractivity contribution in [3.63, 3.8) is 0 Å². The molecule has 0 unspecified atom stereocenters. The van der Waals surface area contributed by atoms with E-state index >= 15 is 0 Å². The van der Waals surface area contributed by atoms with Crippen LogP contribution in [0.2, 0.25) is 0 Å². The largest absolute Gasteiger partial charge is 0.307 e. The van der Waals surface area contributed by atoms with Gasteiger partial charge in [0.2, 0.25) is 0 Å². The second-order valence-electron chi connectivity index (χ2n) is 5.16. The molecule has 0 saturated heterocycles. The van der Waals surface area contributed by atoms with Crippen molar-refractivity contribution in [2.45, 2.75) is 13.1 Å². The molecule has 104 valence electrons. The Kier molecular flexibility index (Phi) is 2.82. The summed E-state index contributed by atoms with van der Waals surface area (Å²) < 4.78 is 15.3. The summed E-state index contributed by atoms with van der Waals surface area (Å²) in [6, 6.07) is 15.0. The number of halogens is 1. The number of rotatable bonds is 1. The van der Waals surface area contributed by atoms with Crippen molar-refractivity contribution in [1.82, 2.24) is 15.1 Å². The zero-order chi connectivity index (χ0) is 14.2. The Bertz CT molecular complexity index is 793. The number of fused-ring (bicyclic) bond motifs is 3. The molecule has 0 spiro atoms. The number of benzene rings is 2. The summed E-state index contributed by atoms with van der Waals surface area (Å²) in [4.78, 5) is 0. The maximum atomic E-state index is 13.4. The molecule has 0 fully saturated rings. The van der Waals surface area contributed by atoms with Gasteiger partial charge in [-0.2, -0.15) is 5.10 Å². The SMILES string of the molecule is Fc1ccc2c(c1)CNCc1c(-c3ccccc3)cnn1-2. The lowest BCUT2D eigenvalue weighted by Gasteiger charge is -2.08. The number of hydrogen-bond acceptors (Lipinski definition) is 2. The van der Waals surface area contributed by atoms with Crippen LogP contribution in [-0.2, 0) is 13.1 Å². The fraction of sp³-hybridized carbons (Fsp3) is 0.118. The molecule has 0 saturated carbocycles. The highest BCUT2D eigenvalue weighted by atomic mass is 19.1. The van der Waals surface area contributed by atoms with Crippen LogP contribution < -0.4 is 5.32 Å². The lowest BCUT2D eigenvalue weighted by Crippen LogP contribution is -2.11. The fourth-order valence-electron chi connectivity index (χ4n) is 2.83. The van der Waals surface area contributed by atoms with E-state index in [2.05, 4.69) is 22.5 Å². The first-order chi connectivity index (χ1) is 10.3. The van der Waals surface area contributed by atoms with Crippen LogP contribution in [0.15, 0.2) is 54.7 Å². The van der Waals surface area contributed by atoms with Gasteiger partial charge in [0.1, 0.15) is 5.82 Å². The van der Waals surface area contributed by atoms with Gasteiger partial charge in [-0.25, -0.2) is 9.07 Å². The first-order valence-corrected chi connectivity index (χ1v) is 6.95. The summed E-state index contributed by atoms with van der Waals surface area (Å²) in [6.45, 7) is 1.35. The number of aromatic nitrogens is 2. The molecule has 0 radical (unpaired) electrons. The summed E-state index contributed by atoms with van der Waals surface area (Å²) >= 11 is 0. The van der Waals surface area contributed by atoms with E-state index in [1.807, 2.05) is 29.1 Å². The van der Waals surface area contributed by atoms with E-state index in [-0.39, 0.29) is 5.82 Å². The monoisotopic (exact) mass is 279 g/mol. The van der Waals surface area contributed by atoms with Crippen LogP contribution in [0.4, 0.5) is 4.39 Å². The molecular weight excluding hydrogens is 265 g/mol. The van der Waals surface area contributed by atoms with Gasteiger partial charge in [-0.3, -0.25) is 0 Å². The third-order valence-corrected chi connectivity index (χ3v) is 3.83. The molecule has 2 aromatic carbocycles. The van der Waals surface area contributed by atoms with Crippen molar-refractivity contribution in [3.05, 3.63) is 71.8 Å². The molecule has 1 aromatic heterocycles. The lowest BCUT2D eigenvalue weighted by atomic mass is 10.1. The zero-order valence-corrected chi connectivity index (χ0v) is 11.4. The van der Waals surface area contributed by atoms with Crippen LogP contribution in [0.1, 0.15) is 11.3 Å². The Labute approximate surface area is 122 Å². The Balaban J connectivity index is 1.90. The Morgan fingerprint density at radius 2 is 1.90 bits per heavy atom. The minimum atomic E-state index is -0.213. The van der Waals surface area contributed by atoms with Gasteiger partial charge in [0.05, 0.1) is 17.6 Å². The Morgan fingerprint density at radius 1 is 1.05 bits per heavy atom. The second-order valence-corrected chi connectivity index (χ2v) is 5.16. The number of hydrogen-bond donors (Lipinski definition) is 1. The molecule has 21 heavy (non-hydrogen) atoms. The Hall–Kier alpha value is -2.46. The van der Waals surface area contributed by atoms with Crippen molar-refractivity contribution in [2.24, 2.45) is 0 Å². The minimum absolute atomic E-state index is 0.213. The molecular formula is C17H14FN3. The van der Waals surface area contributed by atoms with Gasteiger partial charge in [0.25, 0.3) is 0 Å². The van der Waals surface area contributed by atoms with Crippen molar-refractivity contribution in [1.29, 1.82) is 0 Å². The van der Waals surface area contributed by atoms with E-state index in [1.165, 1.54) is 6.07 Å². The number of nitrogens with zero attached hydrogens (tertiary/aromatic N) is 2. The Morgan fingerprint density at radius 3 is 2.76 bits per heavy atom. The van der Waals surface area contributed by atoms with Crippen LogP contribution in [0.3, 0.4) is 0 Å². The van der Waals surface area contributed by atoms with Gasteiger partial charge in [-0.05, 0) is 29.3 Å². The minimum Gasteiger partial charge on any atom is -0.307 e. The molecule has 4 rings (SSSR count). The molecule has 0 atom stereocenters. The van der Waals surface area contributed by atoms with Crippen LogP contribution >= 0.6 is 0 Å². The van der Waals surface area contributed by atoms with Crippen LogP contribution in [0.5, 0.6) is 0 Å². The first kappa shape index (κ1) is 12.3. The van der Waals surface area contributed by atoms with Crippen molar-refractivity contribution in [3.8, 4) is 16.8 Å². The lowest BCUT2D eigenvalue weighted by molar-refractivity contribution is 0.622. The summed E-state index contributed by atoms with van der Waals surface area (Å²) in [5.41, 5.74) is 5.23. The maximum Gasteiger partial charge on any atom is 0.123 e. The molecule has 0 amide bonds. The third-order valence-electron chi connectivity index (χ3n) is 3.83. The molecule has 1 N–H and O–H groups in total. The highest BCUT2D eigenvalue weighted by Crippen LogP contribution is 2.28. The van der Waals surface area contributed by atoms with E-state index in [9.17, 15) is 4.39 Å². The zero-order valence-electron chi connectivity index (χ0n) is 11.4. The summed E-state index contributed by atoms with van der Waals surface area (Å²) in [6.07, 6.45) is 1.88. The molecule has 4 heteroatoms. The van der Waals surface area contributed by atoms with Crippen molar-refractivity contribution >= 4 is 0 Å². The van der Waals surface area contributed by atoms with Crippen molar-refractivity contribution < 1.29 is 4.39 Å². The number of nitrogens with one attached hydrogen (secondary N) is 1. The van der Waals surface area contributed by atoms with Crippen LogP contribution in [0.25, 0.3) is 16.8 Å². The quantitative estimate of drug-likeness (QED) is 0.741. The molecule has 3 aromatic rings. The van der Waals surface area contributed by atoms with E-state index in [0.29, 0.717) is 13.1 Å². The second kappa shape index (κ2) is 4.82. The average molecular weight is 279 g/mol. The highest BCUT2D eigenvalue weighted by molar-refractivity contribution is 5.66. The van der Waals surface area contributed by atoms with Crippen LogP contribution in [-0.4, -0.2) is 9.78 Å². The maximum absolute atomic E-state index is 13.4. The first-order valence-electron chi connectivity index (χ1n) is 6.95. The van der Waals surface area contributed by atoms with Crippen molar-refractivity contribution in [2.75, 3.05) is 0 Å². The standard InChI is InChI=1S/C17H14FN3/c18-14-6-7-16-13(8-14)9-19-11-17-15(10-20-21(16)17)12-4-2-1-3-5-12/h1-8,10,19H,9,11H2. The van der Waals surface area contributed by atoms with E-state index in [0.717, 1.165) is 28.1 Å². The van der Waals surface area contributed by atoms with Gasteiger partial charge < -0.3 is 5.32 Å².